The van der Waals surface area contributed by atoms with Crippen LogP contribution in [-0.4, -0.2) is 24.9 Å². The number of ether oxygens (including phenoxy) is 2. The van der Waals surface area contributed by atoms with Crippen molar-refractivity contribution in [3.63, 3.8) is 0 Å². The summed E-state index contributed by atoms with van der Waals surface area (Å²) in [6.45, 7) is 2.40. The summed E-state index contributed by atoms with van der Waals surface area (Å²) in [5.41, 5.74) is 0. The lowest BCUT2D eigenvalue weighted by Crippen LogP contribution is -2.25. The molecule has 2 nitrogen and oxygen atoms in total. The van der Waals surface area contributed by atoms with Gasteiger partial charge in [-0.3, -0.25) is 0 Å². The molecule has 2 saturated heterocycles. The monoisotopic (exact) mass is 166 g/mol. The first-order chi connectivity index (χ1) is 5.90. The van der Waals surface area contributed by atoms with Gasteiger partial charge in [0.05, 0.1) is 18.3 Å². The molecule has 0 spiro atoms. The topological polar surface area (TPSA) is 18.5 Å². The predicted octanol–water partition coefficient (Wildman–Crippen LogP) is 1.35. The number of rotatable bonds is 2. The third-order valence-corrected chi connectivity index (χ3v) is 2.60. The number of fused-ring (bicyclic) bond motifs is 2. The second-order valence-electron chi connectivity index (χ2n) is 3.39. The molecule has 0 aromatic rings. The molecule has 0 saturated carbocycles. The van der Waals surface area contributed by atoms with E-state index in [9.17, 15) is 0 Å². The highest BCUT2D eigenvalue weighted by atomic mass is 16.6. The third-order valence-electron chi connectivity index (χ3n) is 2.60. The molecule has 2 heterocycles. The molecule has 0 aromatic carbocycles. The van der Waals surface area contributed by atoms with Gasteiger partial charge in [-0.15, -0.1) is 5.92 Å². The summed E-state index contributed by atoms with van der Waals surface area (Å²) >= 11 is 0. The highest BCUT2D eigenvalue weighted by Crippen LogP contribution is 2.35. The Kier molecular flexibility index (Phi) is 2.34. The normalized spacial score (nSPS) is 37.9. The molecule has 66 valence electrons. The Morgan fingerprint density at radius 1 is 1.50 bits per heavy atom. The second kappa shape index (κ2) is 3.47. The van der Waals surface area contributed by atoms with Gasteiger partial charge < -0.3 is 9.47 Å². The van der Waals surface area contributed by atoms with E-state index in [1.165, 1.54) is 12.8 Å². The van der Waals surface area contributed by atoms with Gasteiger partial charge in [0.2, 0.25) is 0 Å². The van der Waals surface area contributed by atoms with Crippen LogP contribution in [0.15, 0.2) is 0 Å². The van der Waals surface area contributed by atoms with E-state index in [1.54, 1.807) is 0 Å². The molecule has 0 N–H and O–H groups in total. The molecular formula is C10H14O2. The maximum Gasteiger partial charge on any atom is 0.108 e. The minimum Gasteiger partial charge on any atom is -0.372 e. The minimum atomic E-state index is 0.324. The van der Waals surface area contributed by atoms with Crippen molar-refractivity contribution in [2.24, 2.45) is 0 Å². The summed E-state index contributed by atoms with van der Waals surface area (Å²) < 4.78 is 11.2. The Morgan fingerprint density at radius 2 is 2.42 bits per heavy atom. The van der Waals surface area contributed by atoms with E-state index in [4.69, 9.17) is 9.47 Å². The molecule has 0 amide bonds. The van der Waals surface area contributed by atoms with Crippen LogP contribution in [0.25, 0.3) is 0 Å². The summed E-state index contributed by atoms with van der Waals surface area (Å²) in [6.07, 6.45) is 4.66. The molecule has 2 aliphatic rings. The van der Waals surface area contributed by atoms with Crippen molar-refractivity contribution >= 4 is 0 Å². The van der Waals surface area contributed by atoms with E-state index >= 15 is 0 Å². The molecule has 0 aromatic heterocycles. The first-order valence-electron chi connectivity index (χ1n) is 4.57. The van der Waals surface area contributed by atoms with E-state index in [0.717, 1.165) is 6.42 Å². The molecule has 2 fully saturated rings. The largest absolute Gasteiger partial charge is 0.372 e. The Balaban J connectivity index is 1.78. The lowest BCUT2D eigenvalue weighted by Gasteiger charge is -2.17. The van der Waals surface area contributed by atoms with Gasteiger partial charge in [-0.25, -0.2) is 0 Å². The SMILES string of the molecule is CC#CCO[C@H]1C[C@H]2CC[C@@H]1O2. The third kappa shape index (κ3) is 1.48. The van der Waals surface area contributed by atoms with Gasteiger partial charge in [0.1, 0.15) is 6.61 Å². The summed E-state index contributed by atoms with van der Waals surface area (Å²) in [5.74, 6) is 5.73. The molecule has 2 heteroatoms. The molecule has 0 unspecified atom stereocenters. The molecule has 2 rings (SSSR count). The van der Waals surface area contributed by atoms with Gasteiger partial charge >= 0.3 is 0 Å². The molecule has 0 aliphatic carbocycles. The van der Waals surface area contributed by atoms with Crippen LogP contribution in [0.5, 0.6) is 0 Å². The Morgan fingerprint density at radius 3 is 3.00 bits per heavy atom. The van der Waals surface area contributed by atoms with Crippen molar-refractivity contribution in [2.75, 3.05) is 6.61 Å². The van der Waals surface area contributed by atoms with Crippen molar-refractivity contribution in [1.82, 2.24) is 0 Å². The first kappa shape index (κ1) is 8.10. The number of hydrogen-bond acceptors (Lipinski definition) is 2. The highest BCUT2D eigenvalue weighted by molar-refractivity contribution is 4.97. The smallest absolute Gasteiger partial charge is 0.108 e. The zero-order chi connectivity index (χ0) is 8.39. The fourth-order valence-electron chi connectivity index (χ4n) is 1.99. The van der Waals surface area contributed by atoms with Crippen LogP contribution in [0.3, 0.4) is 0 Å². The van der Waals surface area contributed by atoms with Crippen LogP contribution in [0.2, 0.25) is 0 Å². The van der Waals surface area contributed by atoms with Crippen LogP contribution in [0.1, 0.15) is 26.2 Å². The van der Waals surface area contributed by atoms with Gasteiger partial charge in [-0.2, -0.15) is 0 Å². The maximum absolute atomic E-state index is 5.64. The summed E-state index contributed by atoms with van der Waals surface area (Å²) in [5, 5.41) is 0. The van der Waals surface area contributed by atoms with E-state index in [2.05, 4.69) is 11.8 Å². The first-order valence-corrected chi connectivity index (χ1v) is 4.57. The molecular weight excluding hydrogens is 152 g/mol. The van der Waals surface area contributed by atoms with Crippen molar-refractivity contribution in [3.05, 3.63) is 0 Å². The summed E-state index contributed by atoms with van der Waals surface area (Å²) in [6, 6.07) is 0. The van der Waals surface area contributed by atoms with E-state index in [0.29, 0.717) is 24.9 Å². The van der Waals surface area contributed by atoms with Crippen LogP contribution < -0.4 is 0 Å². The summed E-state index contributed by atoms with van der Waals surface area (Å²) in [4.78, 5) is 0. The fourth-order valence-corrected chi connectivity index (χ4v) is 1.99. The molecule has 2 aliphatic heterocycles. The van der Waals surface area contributed by atoms with Crippen LogP contribution in [-0.2, 0) is 9.47 Å². The van der Waals surface area contributed by atoms with Gasteiger partial charge in [0, 0.05) is 6.42 Å². The Hall–Kier alpha value is -0.520. The van der Waals surface area contributed by atoms with Crippen LogP contribution in [0, 0.1) is 11.8 Å². The average molecular weight is 166 g/mol. The molecule has 0 radical (unpaired) electrons. The quantitative estimate of drug-likeness (QED) is 0.576. The van der Waals surface area contributed by atoms with E-state index in [1.807, 2.05) is 6.92 Å². The Bertz CT molecular complexity index is 214. The molecule has 12 heavy (non-hydrogen) atoms. The van der Waals surface area contributed by atoms with E-state index in [-0.39, 0.29) is 0 Å². The average Bonchev–Trinajstić information content (AvgIpc) is 2.65. The lowest BCUT2D eigenvalue weighted by molar-refractivity contribution is 0.0134. The zero-order valence-electron chi connectivity index (χ0n) is 7.38. The molecule has 3 atom stereocenters. The van der Waals surface area contributed by atoms with Crippen molar-refractivity contribution < 1.29 is 9.47 Å². The van der Waals surface area contributed by atoms with Gasteiger partial charge in [0.15, 0.2) is 0 Å². The Labute approximate surface area is 73.2 Å². The minimum absolute atomic E-state index is 0.324. The maximum atomic E-state index is 5.64. The van der Waals surface area contributed by atoms with Crippen molar-refractivity contribution in [1.29, 1.82) is 0 Å². The standard InChI is InChI=1S/C10H14O2/c1-2-3-6-11-10-7-8-4-5-9(10)12-8/h8-10H,4-7H2,1H3/t8-,9+,10+/m1/s1. The van der Waals surface area contributed by atoms with Crippen LogP contribution in [0.4, 0.5) is 0 Å². The van der Waals surface area contributed by atoms with Gasteiger partial charge in [-0.05, 0) is 19.8 Å². The van der Waals surface area contributed by atoms with E-state index < -0.39 is 0 Å². The second-order valence-corrected chi connectivity index (χ2v) is 3.39. The fraction of sp³-hybridized carbons (Fsp3) is 0.800. The van der Waals surface area contributed by atoms with Gasteiger partial charge in [-0.1, -0.05) is 5.92 Å². The van der Waals surface area contributed by atoms with Crippen molar-refractivity contribution in [2.45, 2.75) is 44.5 Å². The van der Waals surface area contributed by atoms with Crippen LogP contribution >= 0.6 is 0 Å². The number of hydrogen-bond donors (Lipinski definition) is 0. The van der Waals surface area contributed by atoms with Crippen molar-refractivity contribution in [3.8, 4) is 11.8 Å². The van der Waals surface area contributed by atoms with Gasteiger partial charge in [0.25, 0.3) is 0 Å². The highest BCUT2D eigenvalue weighted by Gasteiger charge is 2.41. The summed E-state index contributed by atoms with van der Waals surface area (Å²) in [7, 11) is 0. The lowest BCUT2D eigenvalue weighted by atomic mass is 9.98. The predicted molar refractivity (Wildman–Crippen MR) is 45.7 cm³/mol. The molecule has 2 bridgehead atoms. The zero-order valence-corrected chi connectivity index (χ0v) is 7.38.